The smallest absolute Gasteiger partial charge is 0.223 e. The molecule has 2 rings (SSSR count). The van der Waals surface area contributed by atoms with Crippen LogP contribution < -0.4 is 5.73 Å². The molecule has 0 bridgehead atoms. The zero-order chi connectivity index (χ0) is 13.1. The van der Waals surface area contributed by atoms with E-state index in [1.54, 1.807) is 0 Å². The number of nitrogens with zero attached hydrogens (tertiary/aromatic N) is 1. The van der Waals surface area contributed by atoms with Gasteiger partial charge in [-0.05, 0) is 64.7 Å². The van der Waals surface area contributed by atoms with E-state index in [1.807, 2.05) is 0 Å². The number of carbonyl (C=O) groups excluding carboxylic acids is 1. The lowest BCUT2D eigenvalue weighted by atomic mass is 9.83. The molecule has 0 spiro atoms. The minimum absolute atomic E-state index is 0.379. The molecule has 2 aliphatic rings. The summed E-state index contributed by atoms with van der Waals surface area (Å²) in [5.41, 5.74) is 5.92. The van der Waals surface area contributed by atoms with E-state index >= 15 is 0 Å². The number of rotatable bonds is 2. The molecule has 0 aromatic rings. The van der Waals surface area contributed by atoms with E-state index in [1.165, 1.54) is 19.3 Å². The van der Waals surface area contributed by atoms with E-state index in [2.05, 4.69) is 18.7 Å². The van der Waals surface area contributed by atoms with Crippen LogP contribution in [0, 0.1) is 5.92 Å². The van der Waals surface area contributed by atoms with Crippen LogP contribution in [0.3, 0.4) is 0 Å². The summed E-state index contributed by atoms with van der Waals surface area (Å²) in [4.78, 5) is 14.6. The Morgan fingerprint density at radius 3 is 2.17 bits per heavy atom. The Hall–Kier alpha value is -0.570. The first-order chi connectivity index (χ1) is 8.58. The molecule has 1 saturated carbocycles. The van der Waals surface area contributed by atoms with Crippen molar-refractivity contribution in [2.45, 2.75) is 83.3 Å². The second-order valence-electron chi connectivity index (χ2n) is 6.41. The molecule has 0 aromatic heterocycles. The highest BCUT2D eigenvalue weighted by molar-refractivity contribution is 5.77. The van der Waals surface area contributed by atoms with Crippen molar-refractivity contribution >= 4 is 5.91 Å². The normalized spacial score (nSPS) is 37.6. The minimum Gasteiger partial charge on any atom is -0.337 e. The highest BCUT2D eigenvalue weighted by Gasteiger charge is 2.30. The molecule has 1 saturated heterocycles. The molecule has 1 amide bonds. The summed E-state index contributed by atoms with van der Waals surface area (Å²) in [6, 6.07) is 1.25. The van der Waals surface area contributed by atoms with E-state index < -0.39 is 0 Å². The first-order valence-corrected chi connectivity index (χ1v) is 7.64. The van der Waals surface area contributed by atoms with E-state index in [9.17, 15) is 4.79 Å². The molecular formula is C15H28N2O. The summed E-state index contributed by atoms with van der Waals surface area (Å²) in [5.74, 6) is 0.966. The summed E-state index contributed by atoms with van der Waals surface area (Å²) in [6.07, 6.45) is 8.85. The summed E-state index contributed by atoms with van der Waals surface area (Å²) in [6.45, 7) is 4.40. The van der Waals surface area contributed by atoms with Crippen molar-refractivity contribution in [2.75, 3.05) is 0 Å². The van der Waals surface area contributed by atoms with Crippen molar-refractivity contribution in [3.05, 3.63) is 0 Å². The van der Waals surface area contributed by atoms with Gasteiger partial charge in [-0.15, -0.1) is 0 Å². The SMILES string of the molecule is CC1CCCC(C)N1C(=O)CC1CCC(N)CC1. The highest BCUT2D eigenvalue weighted by atomic mass is 16.2. The second-order valence-corrected chi connectivity index (χ2v) is 6.41. The molecule has 2 fully saturated rings. The van der Waals surface area contributed by atoms with E-state index in [4.69, 9.17) is 5.73 Å². The summed E-state index contributed by atoms with van der Waals surface area (Å²) in [5, 5.41) is 0. The van der Waals surface area contributed by atoms with Crippen LogP contribution in [0.5, 0.6) is 0 Å². The Morgan fingerprint density at radius 1 is 1.06 bits per heavy atom. The van der Waals surface area contributed by atoms with Crippen LogP contribution >= 0.6 is 0 Å². The molecule has 1 aliphatic heterocycles. The van der Waals surface area contributed by atoms with Gasteiger partial charge in [0.15, 0.2) is 0 Å². The van der Waals surface area contributed by atoms with E-state index in [0.29, 0.717) is 30.0 Å². The van der Waals surface area contributed by atoms with Crippen LogP contribution in [0.15, 0.2) is 0 Å². The average molecular weight is 252 g/mol. The zero-order valence-corrected chi connectivity index (χ0v) is 11.9. The maximum Gasteiger partial charge on any atom is 0.223 e. The maximum absolute atomic E-state index is 12.5. The van der Waals surface area contributed by atoms with Crippen molar-refractivity contribution in [1.82, 2.24) is 4.90 Å². The minimum atomic E-state index is 0.379. The largest absolute Gasteiger partial charge is 0.337 e. The third-order valence-electron chi connectivity index (χ3n) is 4.84. The molecule has 1 heterocycles. The number of hydrogen-bond acceptors (Lipinski definition) is 2. The third kappa shape index (κ3) is 3.25. The Kier molecular flexibility index (Phi) is 4.66. The van der Waals surface area contributed by atoms with Gasteiger partial charge >= 0.3 is 0 Å². The monoisotopic (exact) mass is 252 g/mol. The number of piperidine rings is 1. The summed E-state index contributed by atoms with van der Waals surface area (Å²) < 4.78 is 0. The molecule has 1 aliphatic carbocycles. The van der Waals surface area contributed by atoms with Crippen molar-refractivity contribution < 1.29 is 4.79 Å². The number of carbonyl (C=O) groups is 1. The van der Waals surface area contributed by atoms with Gasteiger partial charge in [-0.1, -0.05) is 0 Å². The van der Waals surface area contributed by atoms with Crippen LogP contribution in [0.4, 0.5) is 0 Å². The van der Waals surface area contributed by atoms with Gasteiger partial charge < -0.3 is 10.6 Å². The number of amides is 1. The van der Waals surface area contributed by atoms with Crippen LogP contribution in [-0.4, -0.2) is 28.9 Å². The van der Waals surface area contributed by atoms with Crippen LogP contribution in [0.1, 0.15) is 65.2 Å². The van der Waals surface area contributed by atoms with Crippen molar-refractivity contribution in [2.24, 2.45) is 11.7 Å². The van der Waals surface area contributed by atoms with Crippen molar-refractivity contribution in [3.8, 4) is 0 Å². The average Bonchev–Trinajstić information content (AvgIpc) is 2.32. The van der Waals surface area contributed by atoms with E-state index in [-0.39, 0.29) is 0 Å². The number of likely N-dealkylation sites (tertiary alicyclic amines) is 1. The predicted octanol–water partition coefficient (Wildman–Crippen LogP) is 2.68. The third-order valence-corrected chi connectivity index (χ3v) is 4.84. The van der Waals surface area contributed by atoms with Crippen molar-refractivity contribution in [3.63, 3.8) is 0 Å². The van der Waals surface area contributed by atoms with Gasteiger partial charge in [-0.3, -0.25) is 4.79 Å². The molecule has 0 radical (unpaired) electrons. The van der Waals surface area contributed by atoms with Crippen LogP contribution in [-0.2, 0) is 4.79 Å². The molecule has 104 valence electrons. The van der Waals surface area contributed by atoms with Gasteiger partial charge in [0, 0.05) is 24.5 Å². The number of nitrogens with two attached hydrogens (primary N) is 1. The fourth-order valence-electron chi connectivity index (χ4n) is 3.66. The molecular weight excluding hydrogens is 224 g/mol. The van der Waals surface area contributed by atoms with Crippen LogP contribution in [0.25, 0.3) is 0 Å². The highest BCUT2D eigenvalue weighted by Crippen LogP contribution is 2.29. The van der Waals surface area contributed by atoms with Gasteiger partial charge in [0.25, 0.3) is 0 Å². The Bertz CT molecular complexity index is 274. The molecule has 2 unspecified atom stereocenters. The van der Waals surface area contributed by atoms with Crippen LogP contribution in [0.2, 0.25) is 0 Å². The fraction of sp³-hybridized carbons (Fsp3) is 0.933. The fourth-order valence-corrected chi connectivity index (χ4v) is 3.66. The Morgan fingerprint density at radius 2 is 1.61 bits per heavy atom. The standard InChI is InChI=1S/C15H28N2O/c1-11-4-3-5-12(2)17(11)15(18)10-13-6-8-14(16)9-7-13/h11-14H,3-10,16H2,1-2H3. The van der Waals surface area contributed by atoms with E-state index in [0.717, 1.165) is 32.1 Å². The second kappa shape index (κ2) is 6.05. The molecule has 2 N–H and O–H groups in total. The van der Waals surface area contributed by atoms with Gasteiger partial charge in [0.2, 0.25) is 5.91 Å². The molecule has 3 heteroatoms. The topological polar surface area (TPSA) is 46.3 Å². The Balaban J connectivity index is 1.86. The lowest BCUT2D eigenvalue weighted by molar-refractivity contribution is -0.138. The van der Waals surface area contributed by atoms with Crippen molar-refractivity contribution in [1.29, 1.82) is 0 Å². The molecule has 3 nitrogen and oxygen atoms in total. The lowest BCUT2D eigenvalue weighted by Gasteiger charge is -2.40. The maximum atomic E-state index is 12.5. The van der Waals surface area contributed by atoms with Gasteiger partial charge in [-0.25, -0.2) is 0 Å². The van der Waals surface area contributed by atoms with Gasteiger partial charge in [0.05, 0.1) is 0 Å². The zero-order valence-electron chi connectivity index (χ0n) is 11.9. The van der Waals surface area contributed by atoms with Gasteiger partial charge in [-0.2, -0.15) is 0 Å². The summed E-state index contributed by atoms with van der Waals surface area (Å²) in [7, 11) is 0. The van der Waals surface area contributed by atoms with Gasteiger partial charge in [0.1, 0.15) is 0 Å². The first kappa shape index (κ1) is 13.9. The predicted molar refractivity (Wildman–Crippen MR) is 74.2 cm³/mol. The Labute approximate surface area is 111 Å². The lowest BCUT2D eigenvalue weighted by Crippen LogP contribution is -2.48. The first-order valence-electron chi connectivity index (χ1n) is 7.64. The molecule has 0 aromatic carbocycles. The molecule has 18 heavy (non-hydrogen) atoms. The quantitative estimate of drug-likeness (QED) is 0.821. The summed E-state index contributed by atoms with van der Waals surface area (Å²) >= 11 is 0. The molecule has 2 atom stereocenters. The number of hydrogen-bond donors (Lipinski definition) is 1.